The number of nitrogens with two attached hydrogens (primary N) is 1. The van der Waals surface area contributed by atoms with Gasteiger partial charge in [-0.15, -0.1) is 0 Å². The monoisotopic (exact) mass is 165 g/mol. The number of aryl methyl sites for hydroxylation is 2. The molecule has 3 nitrogen and oxygen atoms in total. The summed E-state index contributed by atoms with van der Waals surface area (Å²) in [7, 11) is 2.02. The van der Waals surface area contributed by atoms with E-state index in [4.69, 9.17) is 5.73 Å². The van der Waals surface area contributed by atoms with Crippen molar-refractivity contribution in [2.75, 3.05) is 6.54 Å². The lowest BCUT2D eigenvalue weighted by Gasteiger charge is -2.01. The first-order valence-electron chi connectivity index (χ1n) is 4.56. The zero-order chi connectivity index (χ0) is 8.55. The smallest absolute Gasteiger partial charge is 0.0659 e. The topological polar surface area (TPSA) is 43.8 Å². The van der Waals surface area contributed by atoms with E-state index in [1.807, 2.05) is 11.7 Å². The van der Waals surface area contributed by atoms with Gasteiger partial charge in [0.1, 0.15) is 0 Å². The van der Waals surface area contributed by atoms with Crippen LogP contribution in [0.3, 0.4) is 0 Å². The van der Waals surface area contributed by atoms with Crippen molar-refractivity contribution in [3.8, 4) is 0 Å². The van der Waals surface area contributed by atoms with Crippen LogP contribution >= 0.6 is 0 Å². The minimum Gasteiger partial charge on any atom is -0.330 e. The minimum atomic E-state index is 0.728. The van der Waals surface area contributed by atoms with E-state index in [9.17, 15) is 0 Å². The molecular weight excluding hydrogens is 150 g/mol. The average molecular weight is 165 g/mol. The summed E-state index contributed by atoms with van der Waals surface area (Å²) in [4.78, 5) is 0. The number of nitrogens with zero attached hydrogens (tertiary/aromatic N) is 2. The second-order valence-corrected chi connectivity index (χ2v) is 3.39. The van der Waals surface area contributed by atoms with Crippen molar-refractivity contribution < 1.29 is 0 Å². The van der Waals surface area contributed by atoms with Crippen LogP contribution in [0.15, 0.2) is 0 Å². The first-order chi connectivity index (χ1) is 5.83. The van der Waals surface area contributed by atoms with E-state index in [0.717, 1.165) is 19.4 Å². The highest BCUT2D eigenvalue weighted by atomic mass is 15.3. The lowest BCUT2D eigenvalue weighted by Crippen LogP contribution is -2.09. The van der Waals surface area contributed by atoms with Gasteiger partial charge in [0.2, 0.25) is 0 Å². The predicted octanol–water partition coefficient (Wildman–Crippen LogP) is 0.410. The fourth-order valence-corrected chi connectivity index (χ4v) is 2.04. The molecule has 2 rings (SSSR count). The maximum atomic E-state index is 5.54. The molecule has 12 heavy (non-hydrogen) atoms. The number of fused-ring (bicyclic) bond motifs is 1. The summed E-state index contributed by atoms with van der Waals surface area (Å²) in [6, 6.07) is 0. The molecule has 1 aliphatic carbocycles. The lowest BCUT2D eigenvalue weighted by atomic mass is 10.1. The number of rotatable bonds is 2. The highest BCUT2D eigenvalue weighted by molar-refractivity contribution is 5.30. The fraction of sp³-hybridized carbons (Fsp3) is 0.667. The molecular formula is C9H15N3. The summed E-state index contributed by atoms with van der Waals surface area (Å²) in [5, 5.41) is 4.47. The van der Waals surface area contributed by atoms with Gasteiger partial charge in [-0.2, -0.15) is 5.10 Å². The van der Waals surface area contributed by atoms with Gasteiger partial charge >= 0.3 is 0 Å². The van der Waals surface area contributed by atoms with Crippen molar-refractivity contribution in [2.24, 2.45) is 12.8 Å². The fourth-order valence-electron chi connectivity index (χ4n) is 2.04. The third kappa shape index (κ3) is 1.05. The number of aromatic nitrogens is 2. The molecule has 0 aromatic carbocycles. The molecule has 1 aromatic rings. The van der Waals surface area contributed by atoms with Crippen molar-refractivity contribution >= 4 is 0 Å². The van der Waals surface area contributed by atoms with E-state index in [2.05, 4.69) is 5.10 Å². The Balaban J connectivity index is 2.38. The third-order valence-corrected chi connectivity index (χ3v) is 2.58. The summed E-state index contributed by atoms with van der Waals surface area (Å²) in [6.07, 6.45) is 4.61. The standard InChI is InChI=1S/C9H15N3/c1-12-9(5-6-10)7-3-2-4-8(7)11-12/h2-6,10H2,1H3. The van der Waals surface area contributed by atoms with Gasteiger partial charge in [-0.1, -0.05) is 0 Å². The van der Waals surface area contributed by atoms with Crippen molar-refractivity contribution in [1.29, 1.82) is 0 Å². The largest absolute Gasteiger partial charge is 0.330 e. The van der Waals surface area contributed by atoms with Crippen molar-refractivity contribution in [3.05, 3.63) is 17.0 Å². The third-order valence-electron chi connectivity index (χ3n) is 2.58. The lowest BCUT2D eigenvalue weighted by molar-refractivity contribution is 0.677. The molecule has 1 heterocycles. The highest BCUT2D eigenvalue weighted by Crippen LogP contribution is 2.24. The van der Waals surface area contributed by atoms with E-state index in [0.29, 0.717) is 0 Å². The van der Waals surface area contributed by atoms with E-state index in [1.54, 1.807) is 0 Å². The summed E-state index contributed by atoms with van der Waals surface area (Å²) in [5.74, 6) is 0. The van der Waals surface area contributed by atoms with Crippen molar-refractivity contribution in [1.82, 2.24) is 9.78 Å². The molecule has 0 fully saturated rings. The average Bonchev–Trinajstić information content (AvgIpc) is 2.56. The second-order valence-electron chi connectivity index (χ2n) is 3.39. The molecule has 0 spiro atoms. The van der Waals surface area contributed by atoms with E-state index < -0.39 is 0 Å². The van der Waals surface area contributed by atoms with Gasteiger partial charge in [-0.05, 0) is 31.4 Å². The predicted molar refractivity (Wildman–Crippen MR) is 48.0 cm³/mol. The van der Waals surface area contributed by atoms with Crippen molar-refractivity contribution in [2.45, 2.75) is 25.7 Å². The Bertz CT molecular complexity index is 288. The Morgan fingerprint density at radius 1 is 1.50 bits per heavy atom. The number of hydrogen-bond acceptors (Lipinski definition) is 2. The minimum absolute atomic E-state index is 0.728. The molecule has 1 aliphatic rings. The Morgan fingerprint density at radius 2 is 2.33 bits per heavy atom. The Labute approximate surface area is 72.6 Å². The summed E-state index contributed by atoms with van der Waals surface area (Å²) in [6.45, 7) is 0.728. The van der Waals surface area contributed by atoms with Gasteiger partial charge in [0.25, 0.3) is 0 Å². The van der Waals surface area contributed by atoms with E-state index in [1.165, 1.54) is 29.8 Å². The molecule has 0 atom stereocenters. The van der Waals surface area contributed by atoms with Crippen LogP contribution in [0.5, 0.6) is 0 Å². The molecule has 0 unspecified atom stereocenters. The molecule has 66 valence electrons. The van der Waals surface area contributed by atoms with Gasteiger partial charge in [0.15, 0.2) is 0 Å². The van der Waals surface area contributed by atoms with Gasteiger partial charge in [0.05, 0.1) is 5.69 Å². The van der Waals surface area contributed by atoms with Gasteiger partial charge in [0, 0.05) is 19.2 Å². The first-order valence-corrected chi connectivity index (χ1v) is 4.56. The number of hydrogen-bond donors (Lipinski definition) is 1. The molecule has 2 N–H and O–H groups in total. The van der Waals surface area contributed by atoms with Crippen LogP contribution in [0.2, 0.25) is 0 Å². The zero-order valence-corrected chi connectivity index (χ0v) is 7.51. The Kier molecular flexibility index (Phi) is 1.89. The highest BCUT2D eigenvalue weighted by Gasteiger charge is 2.19. The summed E-state index contributed by atoms with van der Waals surface area (Å²) >= 11 is 0. The first kappa shape index (κ1) is 7.80. The molecule has 0 saturated carbocycles. The molecule has 0 amide bonds. The Hall–Kier alpha value is -0.830. The SMILES string of the molecule is Cn1nc2c(c1CCN)CCC2. The normalized spacial score (nSPS) is 15.2. The van der Waals surface area contributed by atoms with Crippen LogP contribution in [-0.4, -0.2) is 16.3 Å². The summed E-state index contributed by atoms with van der Waals surface area (Å²) in [5.41, 5.74) is 9.67. The second kappa shape index (κ2) is 2.90. The van der Waals surface area contributed by atoms with Gasteiger partial charge < -0.3 is 5.73 Å². The van der Waals surface area contributed by atoms with Crippen LogP contribution in [0.25, 0.3) is 0 Å². The van der Waals surface area contributed by atoms with E-state index in [-0.39, 0.29) is 0 Å². The maximum absolute atomic E-state index is 5.54. The molecule has 0 bridgehead atoms. The zero-order valence-electron chi connectivity index (χ0n) is 7.51. The van der Waals surface area contributed by atoms with Crippen LogP contribution in [-0.2, 0) is 26.3 Å². The molecule has 0 aliphatic heterocycles. The van der Waals surface area contributed by atoms with Crippen molar-refractivity contribution in [3.63, 3.8) is 0 Å². The van der Waals surface area contributed by atoms with Gasteiger partial charge in [-0.3, -0.25) is 4.68 Å². The van der Waals surface area contributed by atoms with E-state index >= 15 is 0 Å². The van der Waals surface area contributed by atoms with Gasteiger partial charge in [-0.25, -0.2) is 0 Å². The van der Waals surface area contributed by atoms with Crippen LogP contribution in [0.1, 0.15) is 23.4 Å². The molecule has 0 radical (unpaired) electrons. The molecule has 3 heteroatoms. The van der Waals surface area contributed by atoms with Crippen LogP contribution < -0.4 is 5.73 Å². The van der Waals surface area contributed by atoms with Crippen LogP contribution in [0.4, 0.5) is 0 Å². The summed E-state index contributed by atoms with van der Waals surface area (Å²) < 4.78 is 2.00. The maximum Gasteiger partial charge on any atom is 0.0659 e. The Morgan fingerprint density at radius 3 is 3.08 bits per heavy atom. The molecule has 1 aromatic heterocycles. The molecule has 0 saturated heterocycles. The van der Waals surface area contributed by atoms with Crippen LogP contribution in [0, 0.1) is 0 Å². The quantitative estimate of drug-likeness (QED) is 0.689.